The molecule has 3 unspecified atom stereocenters. The monoisotopic (exact) mass is 314 g/mol. The number of hydrogen-bond acceptors (Lipinski definition) is 3. The number of carbonyl (C=O) groups is 1. The van der Waals surface area contributed by atoms with E-state index in [0.29, 0.717) is 17.9 Å². The Labute approximate surface area is 138 Å². The molecular formula is C19H26N2O2. The molecule has 1 aliphatic carbocycles. The molecule has 2 heterocycles. The van der Waals surface area contributed by atoms with Crippen LogP contribution in [0.3, 0.4) is 0 Å². The Morgan fingerprint density at radius 3 is 2.83 bits per heavy atom. The molecule has 4 rings (SSSR count). The van der Waals surface area contributed by atoms with E-state index in [2.05, 4.69) is 21.9 Å². The molecule has 0 N–H and O–H groups in total. The van der Waals surface area contributed by atoms with Crippen molar-refractivity contribution in [1.82, 2.24) is 9.80 Å². The molecule has 3 aliphatic rings. The molecule has 3 fully saturated rings. The summed E-state index contributed by atoms with van der Waals surface area (Å²) < 4.78 is 5.30. The number of rotatable bonds is 4. The number of ether oxygens (including phenoxy) is 1. The lowest BCUT2D eigenvalue weighted by Gasteiger charge is -2.23. The number of amides is 1. The van der Waals surface area contributed by atoms with Gasteiger partial charge in [-0.15, -0.1) is 0 Å². The van der Waals surface area contributed by atoms with Crippen LogP contribution in [0.4, 0.5) is 0 Å². The van der Waals surface area contributed by atoms with E-state index < -0.39 is 0 Å². The van der Waals surface area contributed by atoms with E-state index in [1.165, 1.54) is 31.5 Å². The van der Waals surface area contributed by atoms with Gasteiger partial charge in [0.15, 0.2) is 0 Å². The van der Waals surface area contributed by atoms with Crippen molar-refractivity contribution in [2.45, 2.75) is 37.6 Å². The predicted molar refractivity (Wildman–Crippen MR) is 89.6 cm³/mol. The third-order valence-electron chi connectivity index (χ3n) is 5.76. The topological polar surface area (TPSA) is 32.8 Å². The Hall–Kier alpha value is -1.55. The van der Waals surface area contributed by atoms with Gasteiger partial charge >= 0.3 is 0 Å². The summed E-state index contributed by atoms with van der Waals surface area (Å²) >= 11 is 0. The van der Waals surface area contributed by atoms with Crippen molar-refractivity contribution in [3.05, 3.63) is 29.8 Å². The van der Waals surface area contributed by atoms with Gasteiger partial charge in [0.2, 0.25) is 5.91 Å². The summed E-state index contributed by atoms with van der Waals surface area (Å²) in [6.45, 7) is 4.34. The molecule has 1 amide bonds. The summed E-state index contributed by atoms with van der Waals surface area (Å²) in [5.74, 6) is 1.85. The standard InChI is InChI=1S/C19H26N2O2/c1-23-16-6-4-5-14(11-16)17-12-18(17)19(22)21-10-7-15(13-21)20-8-2-3-9-20/h4-6,11,15,17-18H,2-3,7-10,12-13H2,1H3. The van der Waals surface area contributed by atoms with Gasteiger partial charge in [0.25, 0.3) is 0 Å². The molecule has 3 atom stereocenters. The lowest BCUT2D eigenvalue weighted by Crippen LogP contribution is -2.37. The van der Waals surface area contributed by atoms with Crippen LogP contribution in [0, 0.1) is 5.92 Å². The second-order valence-corrected chi connectivity index (χ2v) is 7.20. The fraction of sp³-hybridized carbons (Fsp3) is 0.632. The lowest BCUT2D eigenvalue weighted by atomic mass is 10.1. The van der Waals surface area contributed by atoms with E-state index in [1.807, 2.05) is 12.1 Å². The molecular weight excluding hydrogens is 288 g/mol. The van der Waals surface area contributed by atoms with E-state index in [9.17, 15) is 4.79 Å². The zero-order valence-corrected chi connectivity index (χ0v) is 13.9. The minimum absolute atomic E-state index is 0.194. The number of benzene rings is 1. The van der Waals surface area contributed by atoms with Crippen LogP contribution in [0.5, 0.6) is 5.75 Å². The normalized spacial score (nSPS) is 30.7. The van der Waals surface area contributed by atoms with Crippen LogP contribution in [0.2, 0.25) is 0 Å². The summed E-state index contributed by atoms with van der Waals surface area (Å²) in [6, 6.07) is 8.79. The minimum Gasteiger partial charge on any atom is -0.497 e. The number of hydrogen-bond donors (Lipinski definition) is 0. The highest BCUT2D eigenvalue weighted by molar-refractivity contribution is 5.83. The average Bonchev–Trinajstić information content (AvgIpc) is 3.00. The summed E-state index contributed by atoms with van der Waals surface area (Å²) in [5.41, 5.74) is 1.25. The third-order valence-corrected chi connectivity index (χ3v) is 5.76. The molecule has 2 aliphatic heterocycles. The van der Waals surface area contributed by atoms with Crippen LogP contribution in [-0.2, 0) is 4.79 Å². The summed E-state index contributed by atoms with van der Waals surface area (Å²) in [6.07, 6.45) is 4.80. The van der Waals surface area contributed by atoms with Gasteiger partial charge in [-0.3, -0.25) is 9.69 Å². The molecule has 4 nitrogen and oxygen atoms in total. The van der Waals surface area contributed by atoms with Gasteiger partial charge in [-0.2, -0.15) is 0 Å². The number of likely N-dealkylation sites (tertiary alicyclic amines) is 2. The Balaban J connectivity index is 1.35. The highest BCUT2D eigenvalue weighted by atomic mass is 16.5. The smallest absolute Gasteiger partial charge is 0.226 e. The van der Waals surface area contributed by atoms with Gasteiger partial charge in [-0.05, 0) is 62.4 Å². The van der Waals surface area contributed by atoms with Crippen LogP contribution in [0.15, 0.2) is 24.3 Å². The Morgan fingerprint density at radius 2 is 2.04 bits per heavy atom. The molecule has 4 heteroatoms. The highest BCUT2D eigenvalue weighted by Crippen LogP contribution is 2.49. The Kier molecular flexibility index (Phi) is 4.02. The van der Waals surface area contributed by atoms with Crippen molar-refractivity contribution >= 4 is 5.91 Å². The molecule has 0 spiro atoms. The van der Waals surface area contributed by atoms with E-state index in [-0.39, 0.29) is 5.92 Å². The molecule has 0 bridgehead atoms. The fourth-order valence-electron chi connectivity index (χ4n) is 4.29. The van der Waals surface area contributed by atoms with Gasteiger partial charge < -0.3 is 9.64 Å². The van der Waals surface area contributed by atoms with Gasteiger partial charge in [-0.1, -0.05) is 12.1 Å². The van der Waals surface area contributed by atoms with E-state index in [1.54, 1.807) is 7.11 Å². The van der Waals surface area contributed by atoms with Gasteiger partial charge in [-0.25, -0.2) is 0 Å². The molecule has 1 aromatic rings. The average molecular weight is 314 g/mol. The minimum atomic E-state index is 0.194. The predicted octanol–water partition coefficient (Wildman–Crippen LogP) is 2.50. The van der Waals surface area contributed by atoms with Gasteiger partial charge in [0.1, 0.15) is 5.75 Å². The van der Waals surface area contributed by atoms with Crippen LogP contribution < -0.4 is 4.74 Å². The summed E-state index contributed by atoms with van der Waals surface area (Å²) in [7, 11) is 1.69. The quantitative estimate of drug-likeness (QED) is 0.856. The highest BCUT2D eigenvalue weighted by Gasteiger charge is 2.47. The van der Waals surface area contributed by atoms with Gasteiger partial charge in [0.05, 0.1) is 7.11 Å². The maximum atomic E-state index is 12.8. The maximum Gasteiger partial charge on any atom is 0.226 e. The largest absolute Gasteiger partial charge is 0.497 e. The Morgan fingerprint density at radius 1 is 1.22 bits per heavy atom. The van der Waals surface area contributed by atoms with Crippen molar-refractivity contribution in [1.29, 1.82) is 0 Å². The second-order valence-electron chi connectivity index (χ2n) is 7.20. The molecule has 124 valence electrons. The first-order valence-corrected chi connectivity index (χ1v) is 8.93. The third kappa shape index (κ3) is 2.97. The first kappa shape index (κ1) is 15.0. The zero-order valence-electron chi connectivity index (χ0n) is 13.9. The fourth-order valence-corrected chi connectivity index (χ4v) is 4.29. The molecule has 0 radical (unpaired) electrons. The summed E-state index contributed by atoms with van der Waals surface area (Å²) in [5, 5.41) is 0. The first-order chi connectivity index (χ1) is 11.3. The lowest BCUT2D eigenvalue weighted by molar-refractivity contribution is -0.131. The maximum absolute atomic E-state index is 12.8. The second kappa shape index (κ2) is 6.16. The molecule has 1 aromatic carbocycles. The number of methoxy groups -OCH3 is 1. The van der Waals surface area contributed by atoms with Gasteiger partial charge in [0, 0.05) is 25.0 Å². The van der Waals surface area contributed by atoms with Crippen LogP contribution in [0.25, 0.3) is 0 Å². The number of nitrogens with zero attached hydrogens (tertiary/aromatic N) is 2. The Bertz CT molecular complexity index is 582. The van der Waals surface area contributed by atoms with Crippen LogP contribution in [-0.4, -0.2) is 55.0 Å². The van der Waals surface area contributed by atoms with Crippen molar-refractivity contribution in [2.75, 3.05) is 33.3 Å². The molecule has 1 saturated carbocycles. The number of carbonyl (C=O) groups excluding carboxylic acids is 1. The van der Waals surface area contributed by atoms with E-state index in [0.717, 1.165) is 31.7 Å². The van der Waals surface area contributed by atoms with Crippen LogP contribution >= 0.6 is 0 Å². The van der Waals surface area contributed by atoms with Crippen molar-refractivity contribution in [2.24, 2.45) is 5.92 Å². The van der Waals surface area contributed by atoms with Crippen molar-refractivity contribution < 1.29 is 9.53 Å². The molecule has 23 heavy (non-hydrogen) atoms. The van der Waals surface area contributed by atoms with E-state index in [4.69, 9.17) is 4.74 Å². The van der Waals surface area contributed by atoms with Crippen molar-refractivity contribution in [3.63, 3.8) is 0 Å². The van der Waals surface area contributed by atoms with Crippen molar-refractivity contribution in [3.8, 4) is 5.75 Å². The summed E-state index contributed by atoms with van der Waals surface area (Å²) in [4.78, 5) is 17.5. The molecule has 2 saturated heterocycles. The zero-order chi connectivity index (χ0) is 15.8. The SMILES string of the molecule is COc1cccc(C2CC2C(=O)N2CCC(N3CCCC3)C2)c1. The first-order valence-electron chi connectivity index (χ1n) is 8.93. The van der Waals surface area contributed by atoms with Crippen LogP contribution in [0.1, 0.15) is 37.2 Å². The molecule has 0 aromatic heterocycles. The van der Waals surface area contributed by atoms with E-state index >= 15 is 0 Å².